The van der Waals surface area contributed by atoms with Gasteiger partial charge in [-0.1, -0.05) is 5.21 Å². The molecule has 1 aliphatic rings. The molecule has 2 aromatic rings. The van der Waals surface area contributed by atoms with Crippen molar-refractivity contribution in [3.8, 4) is 17.2 Å². The third kappa shape index (κ3) is 3.37. The number of hydrogen-bond acceptors (Lipinski definition) is 6. The lowest BCUT2D eigenvalue weighted by atomic mass is 10.3. The highest BCUT2D eigenvalue weighted by atomic mass is 16.7. The number of nitrogens with two attached hydrogens (primary N) is 1. The van der Waals surface area contributed by atoms with Gasteiger partial charge in [-0.15, -0.1) is 5.10 Å². The van der Waals surface area contributed by atoms with Crippen molar-refractivity contribution >= 4 is 5.96 Å². The largest absolute Gasteiger partial charge is 0.487 e. The normalized spacial score (nSPS) is 12.2. The first-order chi connectivity index (χ1) is 10.7. The van der Waals surface area contributed by atoms with Gasteiger partial charge in [0.2, 0.25) is 6.79 Å². The van der Waals surface area contributed by atoms with Crippen LogP contribution in [-0.4, -0.2) is 34.3 Å². The number of nitrogens with zero attached hydrogens (tertiary/aromatic N) is 3. The van der Waals surface area contributed by atoms with Crippen molar-refractivity contribution < 1.29 is 14.2 Å². The molecule has 0 fully saturated rings. The molecule has 1 aliphatic heterocycles. The lowest BCUT2D eigenvalue weighted by Crippen LogP contribution is -2.32. The fourth-order valence-electron chi connectivity index (χ4n) is 1.94. The molecule has 0 saturated heterocycles. The van der Waals surface area contributed by atoms with Gasteiger partial charge in [0.15, 0.2) is 17.5 Å². The zero-order chi connectivity index (χ0) is 15.4. The first kappa shape index (κ1) is 14.0. The van der Waals surface area contributed by atoms with Crippen LogP contribution in [0.2, 0.25) is 0 Å². The molecule has 0 bridgehead atoms. The summed E-state index contributed by atoms with van der Waals surface area (Å²) in [4.78, 5) is 0. The minimum absolute atomic E-state index is 0.0634. The van der Waals surface area contributed by atoms with Crippen molar-refractivity contribution in [2.75, 3.05) is 13.3 Å². The molecule has 9 heteroatoms. The van der Waals surface area contributed by atoms with E-state index in [0.29, 0.717) is 36.9 Å². The first-order valence-corrected chi connectivity index (χ1v) is 6.70. The molecule has 9 nitrogen and oxygen atoms in total. The summed E-state index contributed by atoms with van der Waals surface area (Å²) < 4.78 is 17.8. The van der Waals surface area contributed by atoms with E-state index in [1.807, 2.05) is 12.1 Å². The number of guanidine groups is 1. The Morgan fingerprint density at radius 2 is 2.27 bits per heavy atom. The van der Waals surface area contributed by atoms with Gasteiger partial charge >= 0.3 is 0 Å². The van der Waals surface area contributed by atoms with Gasteiger partial charge in [-0.05, 0) is 12.1 Å². The summed E-state index contributed by atoms with van der Waals surface area (Å²) in [5, 5.41) is 17.8. The van der Waals surface area contributed by atoms with Crippen LogP contribution in [-0.2, 0) is 13.2 Å². The maximum Gasteiger partial charge on any atom is 0.231 e. The van der Waals surface area contributed by atoms with Crippen molar-refractivity contribution in [1.82, 2.24) is 20.3 Å². The maximum absolute atomic E-state index is 7.06. The number of ether oxygens (including phenoxy) is 3. The van der Waals surface area contributed by atoms with Crippen molar-refractivity contribution in [2.45, 2.75) is 13.2 Å². The summed E-state index contributed by atoms with van der Waals surface area (Å²) in [6, 6.07) is 5.40. The van der Waals surface area contributed by atoms with Crippen molar-refractivity contribution in [1.29, 1.82) is 5.41 Å². The van der Waals surface area contributed by atoms with E-state index < -0.39 is 0 Å². The topological polar surface area (TPSA) is 120 Å². The number of rotatable bonds is 6. The van der Waals surface area contributed by atoms with E-state index in [9.17, 15) is 0 Å². The van der Waals surface area contributed by atoms with Crippen LogP contribution in [0, 0.1) is 5.41 Å². The van der Waals surface area contributed by atoms with Crippen LogP contribution >= 0.6 is 0 Å². The average molecular weight is 304 g/mol. The average Bonchev–Trinajstić information content (AvgIpc) is 3.13. The molecule has 0 unspecified atom stereocenters. The van der Waals surface area contributed by atoms with E-state index in [1.165, 1.54) is 0 Å². The fraction of sp³-hybridized carbons (Fsp3) is 0.308. The summed E-state index contributed by atoms with van der Waals surface area (Å²) in [6.07, 6.45) is 1.79. The van der Waals surface area contributed by atoms with Crippen LogP contribution in [0.5, 0.6) is 17.2 Å². The van der Waals surface area contributed by atoms with Gasteiger partial charge in [0.25, 0.3) is 0 Å². The summed E-state index contributed by atoms with van der Waals surface area (Å²) in [5.41, 5.74) is 5.91. The standard InChI is InChI=1S/C13H16N6O3/c14-13(15)16-3-4-19-6-9(17-18-19)7-20-10-1-2-11-12(5-10)22-8-21-11/h1-2,5-6H,3-4,7-8H2,(H4,14,15,16). The lowest BCUT2D eigenvalue weighted by molar-refractivity contribution is 0.173. The molecule has 22 heavy (non-hydrogen) atoms. The molecular formula is C13H16N6O3. The van der Waals surface area contributed by atoms with Crippen LogP contribution in [0.4, 0.5) is 0 Å². The third-order valence-corrected chi connectivity index (χ3v) is 2.97. The fourth-order valence-corrected chi connectivity index (χ4v) is 1.94. The SMILES string of the molecule is N=C(N)NCCn1cc(COc2ccc3c(c2)OCO3)nn1. The van der Waals surface area contributed by atoms with Gasteiger partial charge in [-0.2, -0.15) is 0 Å². The Labute approximate surface area is 126 Å². The predicted octanol–water partition coefficient (Wildman–Crippen LogP) is 0.0689. The molecule has 4 N–H and O–H groups in total. The first-order valence-electron chi connectivity index (χ1n) is 6.70. The van der Waals surface area contributed by atoms with Gasteiger partial charge in [0, 0.05) is 12.6 Å². The molecule has 0 radical (unpaired) electrons. The van der Waals surface area contributed by atoms with E-state index >= 15 is 0 Å². The number of nitrogens with one attached hydrogen (secondary N) is 2. The Balaban J connectivity index is 1.51. The molecule has 2 heterocycles. The Hall–Kier alpha value is -2.97. The van der Waals surface area contributed by atoms with Gasteiger partial charge in [-0.25, -0.2) is 0 Å². The summed E-state index contributed by atoms with van der Waals surface area (Å²) >= 11 is 0. The quantitative estimate of drug-likeness (QED) is 0.510. The number of benzene rings is 1. The second kappa shape index (κ2) is 6.20. The number of hydrogen-bond donors (Lipinski definition) is 3. The molecule has 3 rings (SSSR count). The van der Waals surface area contributed by atoms with E-state index in [0.717, 1.165) is 5.75 Å². The van der Waals surface area contributed by atoms with Gasteiger partial charge in [0.1, 0.15) is 18.1 Å². The molecule has 1 aromatic carbocycles. The Kier molecular flexibility index (Phi) is 3.95. The molecule has 0 atom stereocenters. The van der Waals surface area contributed by atoms with Crippen molar-refractivity contribution in [2.24, 2.45) is 5.73 Å². The zero-order valence-electron chi connectivity index (χ0n) is 11.8. The molecule has 116 valence electrons. The van der Waals surface area contributed by atoms with Crippen LogP contribution in [0.25, 0.3) is 0 Å². The minimum Gasteiger partial charge on any atom is -0.487 e. The highest BCUT2D eigenvalue weighted by Crippen LogP contribution is 2.35. The van der Waals surface area contributed by atoms with Crippen LogP contribution in [0.1, 0.15) is 5.69 Å². The highest BCUT2D eigenvalue weighted by molar-refractivity contribution is 5.74. The number of fused-ring (bicyclic) bond motifs is 1. The molecule has 0 aliphatic carbocycles. The smallest absolute Gasteiger partial charge is 0.231 e. The second-order valence-corrected chi connectivity index (χ2v) is 4.62. The van der Waals surface area contributed by atoms with Crippen molar-refractivity contribution in [3.63, 3.8) is 0 Å². The van der Waals surface area contributed by atoms with Crippen LogP contribution in [0.3, 0.4) is 0 Å². The Bertz CT molecular complexity index is 672. The van der Waals surface area contributed by atoms with E-state index in [4.69, 9.17) is 25.4 Å². The molecule has 0 saturated carbocycles. The lowest BCUT2D eigenvalue weighted by Gasteiger charge is -2.04. The molecule has 1 aromatic heterocycles. The monoisotopic (exact) mass is 304 g/mol. The van der Waals surface area contributed by atoms with Gasteiger partial charge in [-0.3, -0.25) is 10.1 Å². The van der Waals surface area contributed by atoms with Crippen LogP contribution in [0.15, 0.2) is 24.4 Å². The minimum atomic E-state index is -0.0634. The highest BCUT2D eigenvalue weighted by Gasteiger charge is 2.13. The Morgan fingerprint density at radius 3 is 3.14 bits per heavy atom. The number of aromatic nitrogens is 3. The summed E-state index contributed by atoms with van der Waals surface area (Å²) in [6.45, 7) is 1.62. The van der Waals surface area contributed by atoms with Crippen molar-refractivity contribution in [3.05, 3.63) is 30.1 Å². The summed E-state index contributed by atoms with van der Waals surface area (Å²) in [5.74, 6) is 2.01. The van der Waals surface area contributed by atoms with Gasteiger partial charge < -0.3 is 25.3 Å². The second-order valence-electron chi connectivity index (χ2n) is 4.62. The van der Waals surface area contributed by atoms with E-state index in [1.54, 1.807) is 16.9 Å². The molecular weight excluding hydrogens is 288 g/mol. The summed E-state index contributed by atoms with van der Waals surface area (Å²) in [7, 11) is 0. The van der Waals surface area contributed by atoms with Crippen LogP contribution < -0.4 is 25.3 Å². The Morgan fingerprint density at radius 1 is 1.41 bits per heavy atom. The van der Waals surface area contributed by atoms with E-state index in [-0.39, 0.29) is 12.8 Å². The molecule has 0 amide bonds. The third-order valence-electron chi connectivity index (χ3n) is 2.97. The van der Waals surface area contributed by atoms with Gasteiger partial charge in [0.05, 0.1) is 12.7 Å². The van der Waals surface area contributed by atoms with E-state index in [2.05, 4.69) is 15.6 Å². The zero-order valence-corrected chi connectivity index (χ0v) is 11.8. The predicted molar refractivity (Wildman–Crippen MR) is 76.8 cm³/mol. The molecule has 0 spiro atoms. The maximum atomic E-state index is 7.06.